The molecule has 3 fully saturated rings. The van der Waals surface area contributed by atoms with Crippen molar-refractivity contribution in [3.63, 3.8) is 0 Å². The van der Waals surface area contributed by atoms with Gasteiger partial charge in [-0.2, -0.15) is 0 Å². The molecule has 12 N–H and O–H groups in total. The average Bonchev–Trinajstić information content (AvgIpc) is 0.782. The molecule has 0 spiro atoms. The summed E-state index contributed by atoms with van der Waals surface area (Å²) in [6.07, 6.45) is 59.3. The van der Waals surface area contributed by atoms with Gasteiger partial charge in [-0.25, -0.2) is 0 Å². The summed E-state index contributed by atoms with van der Waals surface area (Å²) in [5.74, 6) is -0.242. The van der Waals surface area contributed by atoms with Gasteiger partial charge in [0.25, 0.3) is 0 Å². The van der Waals surface area contributed by atoms with Crippen molar-refractivity contribution in [3.8, 4) is 0 Å². The molecule has 3 heterocycles. The molecule has 17 atom stereocenters. The predicted octanol–water partition coefficient (Wildman–Crippen LogP) is 14.0. The van der Waals surface area contributed by atoms with Crippen LogP contribution in [-0.2, 0) is 33.2 Å². The first kappa shape index (κ1) is 93.9. The number of unbranched alkanes of at least 4 members (excludes halogenated alkanes) is 32. The van der Waals surface area contributed by atoms with Crippen molar-refractivity contribution >= 4 is 5.91 Å². The van der Waals surface area contributed by atoms with Crippen molar-refractivity contribution in [1.82, 2.24) is 5.32 Å². The highest BCUT2D eigenvalue weighted by molar-refractivity contribution is 5.76. The Labute approximate surface area is 622 Å². The van der Waals surface area contributed by atoms with Crippen molar-refractivity contribution in [2.45, 2.75) is 401 Å². The van der Waals surface area contributed by atoms with Crippen molar-refractivity contribution in [3.05, 3.63) is 97.2 Å². The van der Waals surface area contributed by atoms with Gasteiger partial charge in [-0.15, -0.1) is 0 Å². The molecule has 3 rings (SSSR count). The maximum Gasteiger partial charge on any atom is 0.220 e. The third-order valence-electron chi connectivity index (χ3n) is 19.9. The first-order valence-corrected chi connectivity index (χ1v) is 41.0. The van der Waals surface area contributed by atoms with E-state index in [1.807, 2.05) is 0 Å². The van der Waals surface area contributed by atoms with E-state index in [1.54, 1.807) is 0 Å². The van der Waals surface area contributed by atoms with Gasteiger partial charge in [-0.3, -0.25) is 4.79 Å². The number of rotatable bonds is 64. The molecule has 0 aromatic heterocycles. The van der Waals surface area contributed by atoms with Gasteiger partial charge in [0, 0.05) is 6.42 Å². The van der Waals surface area contributed by atoms with Crippen LogP contribution in [0.5, 0.6) is 0 Å². The van der Waals surface area contributed by atoms with E-state index >= 15 is 0 Å². The zero-order valence-electron chi connectivity index (χ0n) is 63.8. The number of hydrogen-bond donors (Lipinski definition) is 12. The molecule has 103 heavy (non-hydrogen) atoms. The molecule has 0 aromatic rings. The van der Waals surface area contributed by atoms with Crippen LogP contribution in [0.4, 0.5) is 0 Å². The van der Waals surface area contributed by atoms with Gasteiger partial charge < -0.3 is 89.9 Å². The van der Waals surface area contributed by atoms with Gasteiger partial charge in [0.15, 0.2) is 18.9 Å². The standard InChI is InChI=1S/C84H147NO18/c1-3-5-7-9-11-13-15-17-19-21-22-23-24-25-26-27-28-29-30-31-32-33-34-35-36-37-38-39-40-41-42-43-44-46-48-50-52-54-56-58-60-62-72(90)85-67(68(89)61-59-57-55-53-51-49-47-45-20-18-16-14-12-10-8-6-4-2)66-98-82-78(96)75(93)80(70(64-87)100-82)103-84-79(97)76(94)81(71(65-88)101-84)102-83-77(95)74(92)73(91)69(63-86)99-83/h5,7,11,13,17,19,22-23,25-26,28-29,31-32,34-35,67-71,73-84,86-89,91-97H,3-4,6,8-10,12,14-16,18,20-21,24,27,30,33,36-66H2,1-2H3,(H,85,90)/b7-5-,13-11-,19-17-,23-22-,26-25-,29-28-,32-31-,35-34-. The molecule has 3 aliphatic rings. The molecular weight excluding hydrogens is 1310 g/mol. The molecular formula is C84H147NO18. The van der Waals surface area contributed by atoms with E-state index in [1.165, 1.54) is 167 Å². The molecule has 19 nitrogen and oxygen atoms in total. The Morgan fingerprint density at radius 3 is 1.05 bits per heavy atom. The van der Waals surface area contributed by atoms with E-state index < -0.39 is 124 Å². The molecule has 17 unspecified atom stereocenters. The minimum atomic E-state index is -1.97. The summed E-state index contributed by atoms with van der Waals surface area (Å²) in [5, 5.41) is 121. The van der Waals surface area contributed by atoms with Crippen LogP contribution in [0.3, 0.4) is 0 Å². The first-order chi connectivity index (χ1) is 50.3. The van der Waals surface area contributed by atoms with E-state index in [-0.39, 0.29) is 18.9 Å². The second-order valence-corrected chi connectivity index (χ2v) is 28.9. The molecule has 0 aliphatic carbocycles. The fourth-order valence-corrected chi connectivity index (χ4v) is 13.4. The number of aliphatic hydroxyl groups is 11. The highest BCUT2D eigenvalue weighted by Crippen LogP contribution is 2.33. The summed E-state index contributed by atoms with van der Waals surface area (Å²) < 4.78 is 34.5. The van der Waals surface area contributed by atoms with Crippen LogP contribution in [0.1, 0.15) is 296 Å². The number of amides is 1. The van der Waals surface area contributed by atoms with Crippen LogP contribution in [0.2, 0.25) is 0 Å². The quantitative estimate of drug-likeness (QED) is 0.0199. The lowest BCUT2D eigenvalue weighted by atomic mass is 9.96. The monoisotopic (exact) mass is 1460 g/mol. The number of carbonyl (C=O) groups is 1. The first-order valence-electron chi connectivity index (χ1n) is 41.0. The molecule has 0 radical (unpaired) electrons. The van der Waals surface area contributed by atoms with Crippen molar-refractivity contribution in [2.75, 3.05) is 26.4 Å². The highest BCUT2D eigenvalue weighted by atomic mass is 16.8. The van der Waals surface area contributed by atoms with Crippen LogP contribution in [0, 0.1) is 0 Å². The van der Waals surface area contributed by atoms with Crippen LogP contribution < -0.4 is 5.32 Å². The molecule has 0 saturated carbocycles. The van der Waals surface area contributed by atoms with Crippen molar-refractivity contribution in [1.29, 1.82) is 0 Å². The normalized spacial score (nSPS) is 26.6. The Hall–Kier alpha value is -3.29. The van der Waals surface area contributed by atoms with E-state index in [2.05, 4.69) is 116 Å². The van der Waals surface area contributed by atoms with Crippen LogP contribution in [0.25, 0.3) is 0 Å². The minimum absolute atomic E-state index is 0.242. The summed E-state index contributed by atoms with van der Waals surface area (Å²) >= 11 is 0. The third kappa shape index (κ3) is 43.5. The Bertz CT molecular complexity index is 2240. The Kier molecular flexibility index (Phi) is 58.0. The van der Waals surface area contributed by atoms with Crippen LogP contribution in [0.15, 0.2) is 97.2 Å². The van der Waals surface area contributed by atoms with Crippen LogP contribution >= 0.6 is 0 Å². The van der Waals surface area contributed by atoms with E-state index in [4.69, 9.17) is 28.4 Å². The number of ether oxygens (including phenoxy) is 6. The zero-order chi connectivity index (χ0) is 74.6. The van der Waals surface area contributed by atoms with Gasteiger partial charge in [-0.1, -0.05) is 310 Å². The predicted molar refractivity (Wildman–Crippen MR) is 411 cm³/mol. The summed E-state index contributed by atoms with van der Waals surface area (Å²) in [6, 6.07) is -0.891. The molecule has 0 aromatic carbocycles. The maximum atomic E-state index is 13.5. The molecule has 3 aliphatic heterocycles. The fourth-order valence-electron chi connectivity index (χ4n) is 13.4. The second kappa shape index (κ2) is 63.6. The third-order valence-corrected chi connectivity index (χ3v) is 19.9. The number of nitrogens with one attached hydrogen (secondary N) is 1. The summed E-state index contributed by atoms with van der Waals surface area (Å²) in [7, 11) is 0. The lowest BCUT2D eigenvalue weighted by molar-refractivity contribution is -0.379. The Balaban J connectivity index is 1.30. The fraction of sp³-hybridized carbons (Fsp3) is 0.798. The number of allylic oxidation sites excluding steroid dienone is 16. The van der Waals surface area contributed by atoms with Gasteiger partial charge >= 0.3 is 0 Å². The topological polar surface area (TPSA) is 307 Å². The molecule has 3 saturated heterocycles. The van der Waals surface area contributed by atoms with Crippen molar-refractivity contribution < 1.29 is 89.4 Å². The second-order valence-electron chi connectivity index (χ2n) is 28.9. The Morgan fingerprint density at radius 2 is 0.670 bits per heavy atom. The number of hydrogen-bond acceptors (Lipinski definition) is 18. The summed E-state index contributed by atoms with van der Waals surface area (Å²) in [6.45, 7) is 1.71. The van der Waals surface area contributed by atoms with Gasteiger partial charge in [0.1, 0.15) is 73.2 Å². The van der Waals surface area contributed by atoms with E-state index in [9.17, 15) is 61.0 Å². The van der Waals surface area contributed by atoms with Crippen LogP contribution in [-0.4, -0.2) is 193 Å². The largest absolute Gasteiger partial charge is 0.394 e. The summed E-state index contributed by atoms with van der Waals surface area (Å²) in [4.78, 5) is 13.5. The van der Waals surface area contributed by atoms with Gasteiger partial charge in [0.05, 0.1) is 38.6 Å². The van der Waals surface area contributed by atoms with Gasteiger partial charge in [-0.05, 0) is 77.0 Å². The van der Waals surface area contributed by atoms with E-state index in [0.717, 1.165) is 96.3 Å². The summed E-state index contributed by atoms with van der Waals surface area (Å²) in [5.41, 5.74) is 0. The zero-order valence-corrected chi connectivity index (χ0v) is 63.8. The average molecular weight is 1460 g/mol. The smallest absolute Gasteiger partial charge is 0.220 e. The number of aliphatic hydroxyl groups excluding tert-OH is 11. The van der Waals surface area contributed by atoms with Crippen molar-refractivity contribution in [2.24, 2.45) is 0 Å². The lowest BCUT2D eigenvalue weighted by Crippen LogP contribution is -2.66. The highest BCUT2D eigenvalue weighted by Gasteiger charge is 2.54. The molecule has 596 valence electrons. The van der Waals surface area contributed by atoms with E-state index in [0.29, 0.717) is 12.8 Å². The van der Waals surface area contributed by atoms with Gasteiger partial charge in [0.2, 0.25) is 5.91 Å². The molecule has 1 amide bonds. The SMILES string of the molecule is CC/C=C\C/C=C\C/C=C\C/C=C\C/C=C\C/C=C\C/C=C\C/C=C\CCCCCCCCCCCCCCCCCCC(=O)NC(COC1OC(CO)C(OC2OC(CO)C(OC3OC(CO)C(O)C(O)C3O)C(O)C2O)C(O)C1O)C(O)CCCCCCCCCCCCCCCCCCC. The molecule has 19 heteroatoms. The maximum absolute atomic E-state index is 13.5. The lowest BCUT2D eigenvalue weighted by Gasteiger charge is -2.48. The molecule has 0 bridgehead atoms. The Morgan fingerprint density at radius 1 is 0.359 bits per heavy atom. The number of carbonyl (C=O) groups excluding carboxylic acids is 1. The minimum Gasteiger partial charge on any atom is -0.394 e.